The number of nitrogens with zero attached hydrogens (tertiary/aromatic N) is 6. The second-order valence-corrected chi connectivity index (χ2v) is 6.01. The van der Waals surface area contributed by atoms with Crippen molar-refractivity contribution in [1.29, 1.82) is 0 Å². The highest BCUT2D eigenvalue weighted by Crippen LogP contribution is 2.17. The lowest BCUT2D eigenvalue weighted by atomic mass is 10.2. The minimum atomic E-state index is -0.00275. The molecule has 3 aromatic heterocycles. The number of carbonyl (C=O) groups excluding carboxylic acids is 1. The Labute approximate surface area is 145 Å². The highest BCUT2D eigenvalue weighted by molar-refractivity contribution is 5.99. The van der Waals surface area contributed by atoms with E-state index < -0.39 is 0 Å². The van der Waals surface area contributed by atoms with Crippen LogP contribution in [0.1, 0.15) is 23.2 Å². The van der Waals surface area contributed by atoms with Crippen LogP contribution in [0, 0.1) is 0 Å². The molecule has 1 amide bonds. The van der Waals surface area contributed by atoms with Crippen LogP contribution in [-0.4, -0.2) is 56.3 Å². The Bertz CT molecular complexity index is 883. The van der Waals surface area contributed by atoms with Gasteiger partial charge in [0.2, 0.25) is 5.95 Å². The number of imidazole rings is 1. The topological polar surface area (TPSA) is 66.6 Å². The summed E-state index contributed by atoms with van der Waals surface area (Å²) in [5.41, 5.74) is 1.42. The molecule has 4 rings (SSSR count). The van der Waals surface area contributed by atoms with Crippen LogP contribution in [0.2, 0.25) is 0 Å². The third-order valence-corrected chi connectivity index (χ3v) is 4.54. The van der Waals surface area contributed by atoms with Gasteiger partial charge >= 0.3 is 0 Å². The first-order chi connectivity index (χ1) is 12.3. The molecular weight excluding hydrogens is 316 g/mol. The Morgan fingerprint density at radius 3 is 2.56 bits per heavy atom. The first kappa shape index (κ1) is 15.6. The molecule has 0 radical (unpaired) electrons. The van der Waals surface area contributed by atoms with Gasteiger partial charge in [0.15, 0.2) is 5.69 Å². The van der Waals surface area contributed by atoms with Gasteiger partial charge < -0.3 is 14.2 Å². The minimum absolute atomic E-state index is 0.00275. The number of aryl methyl sites for hydroxylation is 1. The largest absolute Gasteiger partial charge is 0.337 e. The molecule has 0 N–H and O–H groups in total. The molecule has 4 heterocycles. The van der Waals surface area contributed by atoms with Crippen molar-refractivity contribution in [2.24, 2.45) is 0 Å². The quantitative estimate of drug-likeness (QED) is 0.727. The fourth-order valence-corrected chi connectivity index (χ4v) is 3.22. The Kier molecular flexibility index (Phi) is 4.05. The van der Waals surface area contributed by atoms with Crippen molar-refractivity contribution in [2.75, 3.05) is 31.1 Å². The monoisotopic (exact) mass is 336 g/mol. The van der Waals surface area contributed by atoms with Crippen molar-refractivity contribution in [3.8, 4) is 0 Å². The SMILES string of the molecule is CCc1nc(C(=O)N2CCN(c3ncccn3)CC2)c2ccccn12. The number of rotatable bonds is 3. The maximum atomic E-state index is 13.0. The van der Waals surface area contributed by atoms with Gasteiger partial charge in [0.25, 0.3) is 5.91 Å². The van der Waals surface area contributed by atoms with Gasteiger partial charge in [-0.25, -0.2) is 15.0 Å². The summed E-state index contributed by atoms with van der Waals surface area (Å²) in [7, 11) is 0. The highest BCUT2D eigenvalue weighted by Gasteiger charge is 2.26. The standard InChI is InChI=1S/C18H20N6O/c1-2-15-21-16(14-6-3-4-9-24(14)15)17(25)22-10-12-23(13-11-22)18-19-7-5-8-20-18/h3-9H,2,10-13H2,1H3. The number of hydrogen-bond acceptors (Lipinski definition) is 5. The molecule has 0 bridgehead atoms. The number of hydrogen-bond donors (Lipinski definition) is 0. The zero-order valence-electron chi connectivity index (χ0n) is 14.2. The summed E-state index contributed by atoms with van der Waals surface area (Å²) in [6.45, 7) is 4.79. The van der Waals surface area contributed by atoms with E-state index >= 15 is 0 Å². The molecule has 0 spiro atoms. The molecule has 0 aromatic carbocycles. The van der Waals surface area contributed by atoms with E-state index in [4.69, 9.17) is 0 Å². The number of carbonyl (C=O) groups is 1. The van der Waals surface area contributed by atoms with Crippen LogP contribution in [-0.2, 0) is 6.42 Å². The second kappa shape index (κ2) is 6.51. The second-order valence-electron chi connectivity index (χ2n) is 6.01. The van der Waals surface area contributed by atoms with Gasteiger partial charge in [0, 0.05) is 51.2 Å². The fraction of sp³-hybridized carbons (Fsp3) is 0.333. The van der Waals surface area contributed by atoms with Gasteiger partial charge in [0.1, 0.15) is 5.82 Å². The third kappa shape index (κ3) is 2.82. The molecule has 3 aromatic rings. The van der Waals surface area contributed by atoms with Gasteiger partial charge in [-0.2, -0.15) is 0 Å². The van der Waals surface area contributed by atoms with E-state index in [1.165, 1.54) is 0 Å². The average molecular weight is 336 g/mol. The van der Waals surface area contributed by atoms with Gasteiger partial charge in [-0.1, -0.05) is 13.0 Å². The van der Waals surface area contributed by atoms with Crippen molar-refractivity contribution in [2.45, 2.75) is 13.3 Å². The molecule has 1 saturated heterocycles. The van der Waals surface area contributed by atoms with Crippen molar-refractivity contribution in [3.63, 3.8) is 0 Å². The molecule has 1 aliphatic heterocycles. The molecule has 0 unspecified atom stereocenters. The normalized spacial score (nSPS) is 14.9. The maximum Gasteiger partial charge on any atom is 0.274 e. The third-order valence-electron chi connectivity index (χ3n) is 4.54. The van der Waals surface area contributed by atoms with Crippen LogP contribution >= 0.6 is 0 Å². The number of piperazine rings is 1. The summed E-state index contributed by atoms with van der Waals surface area (Å²) >= 11 is 0. The van der Waals surface area contributed by atoms with Gasteiger partial charge in [0.05, 0.1) is 5.52 Å². The zero-order valence-corrected chi connectivity index (χ0v) is 14.2. The van der Waals surface area contributed by atoms with Crippen LogP contribution in [0.4, 0.5) is 5.95 Å². The molecule has 128 valence electrons. The number of amides is 1. The van der Waals surface area contributed by atoms with Crippen LogP contribution in [0.5, 0.6) is 0 Å². The van der Waals surface area contributed by atoms with E-state index in [0.29, 0.717) is 18.8 Å². The number of fused-ring (bicyclic) bond motifs is 1. The summed E-state index contributed by atoms with van der Waals surface area (Å²) < 4.78 is 2.00. The number of aromatic nitrogens is 4. The predicted molar refractivity (Wildman–Crippen MR) is 94.7 cm³/mol. The number of pyridine rings is 1. The molecule has 7 heteroatoms. The van der Waals surface area contributed by atoms with E-state index in [1.807, 2.05) is 33.7 Å². The minimum Gasteiger partial charge on any atom is -0.337 e. The van der Waals surface area contributed by atoms with Gasteiger partial charge in [-0.3, -0.25) is 4.79 Å². The van der Waals surface area contributed by atoms with Crippen molar-refractivity contribution >= 4 is 17.4 Å². The van der Waals surface area contributed by atoms with E-state index in [9.17, 15) is 4.79 Å². The summed E-state index contributed by atoms with van der Waals surface area (Å²) in [5.74, 6) is 1.63. The van der Waals surface area contributed by atoms with Crippen LogP contribution in [0.25, 0.3) is 5.52 Å². The Morgan fingerprint density at radius 1 is 1.08 bits per heavy atom. The van der Waals surface area contributed by atoms with Gasteiger partial charge in [-0.15, -0.1) is 0 Å². The number of anilines is 1. The van der Waals surface area contributed by atoms with Crippen LogP contribution in [0.3, 0.4) is 0 Å². The Hall–Kier alpha value is -2.96. The molecule has 25 heavy (non-hydrogen) atoms. The molecule has 1 fully saturated rings. The van der Waals surface area contributed by atoms with E-state index in [0.717, 1.165) is 36.8 Å². The lowest BCUT2D eigenvalue weighted by Crippen LogP contribution is -2.49. The first-order valence-corrected chi connectivity index (χ1v) is 8.55. The van der Waals surface area contributed by atoms with Crippen LogP contribution < -0.4 is 4.90 Å². The fourth-order valence-electron chi connectivity index (χ4n) is 3.22. The highest BCUT2D eigenvalue weighted by atomic mass is 16.2. The summed E-state index contributed by atoms with van der Waals surface area (Å²) in [6.07, 6.45) is 6.23. The van der Waals surface area contributed by atoms with Crippen LogP contribution in [0.15, 0.2) is 42.9 Å². The first-order valence-electron chi connectivity index (χ1n) is 8.55. The van der Waals surface area contributed by atoms with E-state index in [1.54, 1.807) is 18.5 Å². The summed E-state index contributed by atoms with van der Waals surface area (Å²) in [5, 5.41) is 0. The molecule has 0 aliphatic carbocycles. The molecule has 7 nitrogen and oxygen atoms in total. The molecule has 0 saturated carbocycles. The van der Waals surface area contributed by atoms with Crippen molar-refractivity contribution in [3.05, 3.63) is 54.4 Å². The lowest BCUT2D eigenvalue weighted by Gasteiger charge is -2.34. The van der Waals surface area contributed by atoms with E-state index in [2.05, 4.69) is 26.8 Å². The smallest absolute Gasteiger partial charge is 0.274 e. The average Bonchev–Trinajstić information content (AvgIpc) is 3.07. The Morgan fingerprint density at radius 2 is 1.84 bits per heavy atom. The van der Waals surface area contributed by atoms with E-state index in [-0.39, 0.29) is 5.91 Å². The van der Waals surface area contributed by atoms with Gasteiger partial charge in [-0.05, 0) is 18.2 Å². The molecular formula is C18H20N6O. The maximum absolute atomic E-state index is 13.0. The molecule has 0 atom stereocenters. The molecule has 1 aliphatic rings. The van der Waals surface area contributed by atoms with Crippen molar-refractivity contribution in [1.82, 2.24) is 24.3 Å². The zero-order chi connectivity index (χ0) is 17.2. The predicted octanol–water partition coefficient (Wildman–Crippen LogP) is 1.65. The van der Waals surface area contributed by atoms with Crippen molar-refractivity contribution < 1.29 is 4.79 Å². The summed E-state index contributed by atoms with van der Waals surface area (Å²) in [4.78, 5) is 30.1. The lowest BCUT2D eigenvalue weighted by molar-refractivity contribution is 0.0742. The Balaban J connectivity index is 1.53. The summed E-state index contributed by atoms with van der Waals surface area (Å²) in [6, 6.07) is 7.66.